The summed E-state index contributed by atoms with van der Waals surface area (Å²) in [5, 5.41) is 12.0. The monoisotopic (exact) mass is 339 g/mol. The van der Waals surface area contributed by atoms with Gasteiger partial charge in [-0.1, -0.05) is 33.6 Å². The summed E-state index contributed by atoms with van der Waals surface area (Å²) in [4.78, 5) is 12.6. The number of hydrogen-bond acceptors (Lipinski definition) is 4. The molecule has 24 heavy (non-hydrogen) atoms. The highest BCUT2D eigenvalue weighted by atomic mass is 16.7. The van der Waals surface area contributed by atoms with Crippen LogP contribution in [0, 0.1) is 11.3 Å². The Morgan fingerprint density at radius 2 is 2.04 bits per heavy atom. The van der Waals surface area contributed by atoms with Crippen LogP contribution in [-0.4, -0.2) is 36.6 Å². The molecule has 1 amide bonds. The van der Waals surface area contributed by atoms with Crippen molar-refractivity contribution < 1.29 is 19.4 Å². The van der Waals surface area contributed by atoms with Crippen LogP contribution in [0.4, 0.5) is 0 Å². The van der Waals surface area contributed by atoms with Gasteiger partial charge in [0, 0.05) is 19.1 Å². The number of carbonyl (C=O) groups excluding carboxylic acids is 1. The van der Waals surface area contributed by atoms with E-state index >= 15 is 0 Å². The SMILES string of the molecule is CC(C)(C)[C@H]1C=C(C(=O)NC2CCCC2)O[C@@H](OCCCCO)C1. The zero-order valence-electron chi connectivity index (χ0n) is 15.3. The summed E-state index contributed by atoms with van der Waals surface area (Å²) in [6.07, 6.45) is 8.34. The Balaban J connectivity index is 1.97. The molecule has 2 aliphatic rings. The lowest BCUT2D eigenvalue weighted by atomic mass is 9.77. The van der Waals surface area contributed by atoms with E-state index in [4.69, 9.17) is 14.6 Å². The first kappa shape index (κ1) is 19.3. The fourth-order valence-corrected chi connectivity index (χ4v) is 3.28. The van der Waals surface area contributed by atoms with Gasteiger partial charge in [-0.25, -0.2) is 0 Å². The second-order valence-corrected chi connectivity index (χ2v) is 8.04. The fourth-order valence-electron chi connectivity index (χ4n) is 3.28. The Morgan fingerprint density at radius 3 is 2.67 bits per heavy atom. The molecule has 1 heterocycles. The number of aliphatic hydroxyl groups excluding tert-OH is 1. The van der Waals surface area contributed by atoms with Crippen LogP contribution in [0.25, 0.3) is 0 Å². The molecule has 0 aromatic rings. The lowest BCUT2D eigenvalue weighted by molar-refractivity contribution is -0.153. The summed E-state index contributed by atoms with van der Waals surface area (Å²) < 4.78 is 11.6. The molecule has 5 heteroatoms. The smallest absolute Gasteiger partial charge is 0.286 e. The van der Waals surface area contributed by atoms with Gasteiger partial charge in [-0.05, 0) is 43.1 Å². The summed E-state index contributed by atoms with van der Waals surface area (Å²) in [6, 6.07) is 0.279. The Bertz CT molecular complexity index is 435. The molecule has 2 N–H and O–H groups in total. The molecule has 1 aliphatic carbocycles. The molecule has 1 aliphatic heterocycles. The molecule has 0 spiro atoms. The molecule has 1 saturated carbocycles. The number of nitrogens with one attached hydrogen (secondary N) is 1. The van der Waals surface area contributed by atoms with Gasteiger partial charge < -0.3 is 19.9 Å². The number of unbranched alkanes of at least 4 members (excludes halogenated alkanes) is 1. The summed E-state index contributed by atoms with van der Waals surface area (Å²) in [5.74, 6) is 0.526. The van der Waals surface area contributed by atoms with Crippen molar-refractivity contribution in [1.82, 2.24) is 5.32 Å². The van der Waals surface area contributed by atoms with Crippen LogP contribution in [0.2, 0.25) is 0 Å². The summed E-state index contributed by atoms with van der Waals surface area (Å²) >= 11 is 0. The van der Waals surface area contributed by atoms with Gasteiger partial charge in [0.2, 0.25) is 6.29 Å². The minimum Gasteiger partial charge on any atom is -0.459 e. The van der Waals surface area contributed by atoms with Gasteiger partial charge >= 0.3 is 0 Å². The Labute approximate surface area is 145 Å². The standard InChI is InChI=1S/C19H33NO4/c1-19(2,3)14-12-16(18(22)20-15-8-4-5-9-15)24-17(13-14)23-11-7-6-10-21/h12,14-15,17,21H,4-11,13H2,1-3H3,(H,20,22)/t14-,17+/m0/s1. The lowest BCUT2D eigenvalue weighted by Gasteiger charge is -2.36. The van der Waals surface area contributed by atoms with Crippen molar-refractivity contribution in [2.75, 3.05) is 13.2 Å². The minimum atomic E-state index is -0.387. The van der Waals surface area contributed by atoms with Gasteiger partial charge in [0.25, 0.3) is 5.91 Å². The lowest BCUT2D eigenvalue weighted by Crippen LogP contribution is -2.39. The average Bonchev–Trinajstić information content (AvgIpc) is 3.03. The van der Waals surface area contributed by atoms with E-state index in [9.17, 15) is 4.79 Å². The van der Waals surface area contributed by atoms with E-state index in [-0.39, 0.29) is 36.2 Å². The molecule has 138 valence electrons. The zero-order chi connectivity index (χ0) is 17.6. The van der Waals surface area contributed by atoms with Gasteiger partial charge in [0.1, 0.15) is 0 Å². The van der Waals surface area contributed by atoms with E-state index in [1.165, 1.54) is 12.8 Å². The van der Waals surface area contributed by atoms with Crippen LogP contribution in [0.15, 0.2) is 11.8 Å². The van der Waals surface area contributed by atoms with Gasteiger partial charge in [-0.3, -0.25) is 4.79 Å². The highest BCUT2D eigenvalue weighted by Gasteiger charge is 2.34. The van der Waals surface area contributed by atoms with Gasteiger partial charge in [0.05, 0.1) is 6.61 Å². The maximum atomic E-state index is 12.6. The van der Waals surface area contributed by atoms with Crippen LogP contribution in [0.1, 0.15) is 65.7 Å². The number of hydrogen-bond donors (Lipinski definition) is 2. The molecule has 0 bridgehead atoms. The highest BCUT2D eigenvalue weighted by Crippen LogP contribution is 2.36. The summed E-state index contributed by atoms with van der Waals surface area (Å²) in [7, 11) is 0. The van der Waals surface area contributed by atoms with Crippen molar-refractivity contribution in [2.24, 2.45) is 11.3 Å². The first-order valence-corrected chi connectivity index (χ1v) is 9.32. The molecule has 0 saturated heterocycles. The fraction of sp³-hybridized carbons (Fsp3) is 0.842. The van der Waals surface area contributed by atoms with Gasteiger partial charge in [-0.2, -0.15) is 0 Å². The van der Waals surface area contributed by atoms with E-state index in [0.717, 1.165) is 32.1 Å². The molecule has 0 aromatic heterocycles. The number of ether oxygens (including phenoxy) is 2. The third-order valence-corrected chi connectivity index (χ3v) is 4.94. The molecular formula is C19H33NO4. The van der Waals surface area contributed by atoms with Gasteiger partial charge in [-0.15, -0.1) is 0 Å². The molecule has 2 atom stereocenters. The minimum absolute atomic E-state index is 0.0510. The zero-order valence-corrected chi connectivity index (χ0v) is 15.3. The third-order valence-electron chi connectivity index (χ3n) is 4.94. The van der Waals surface area contributed by atoms with Crippen LogP contribution in [0.3, 0.4) is 0 Å². The molecule has 1 fully saturated rings. The quantitative estimate of drug-likeness (QED) is 0.699. The Kier molecular flexibility index (Phi) is 7.11. The Hall–Kier alpha value is -1.07. The van der Waals surface area contributed by atoms with Crippen LogP contribution in [0.5, 0.6) is 0 Å². The highest BCUT2D eigenvalue weighted by molar-refractivity contribution is 5.91. The normalized spacial score (nSPS) is 25.2. The van der Waals surface area contributed by atoms with Crippen molar-refractivity contribution in [3.63, 3.8) is 0 Å². The van der Waals surface area contributed by atoms with Crippen molar-refractivity contribution in [1.29, 1.82) is 0 Å². The molecule has 5 nitrogen and oxygen atoms in total. The van der Waals surface area contributed by atoms with Crippen molar-refractivity contribution in [3.05, 3.63) is 11.8 Å². The first-order chi connectivity index (χ1) is 11.4. The van der Waals surface area contributed by atoms with Crippen LogP contribution < -0.4 is 5.32 Å². The maximum absolute atomic E-state index is 12.6. The Morgan fingerprint density at radius 1 is 1.33 bits per heavy atom. The van der Waals surface area contributed by atoms with E-state index < -0.39 is 0 Å². The first-order valence-electron chi connectivity index (χ1n) is 9.32. The van der Waals surface area contributed by atoms with E-state index in [1.807, 2.05) is 6.08 Å². The van der Waals surface area contributed by atoms with Crippen LogP contribution >= 0.6 is 0 Å². The van der Waals surface area contributed by atoms with E-state index in [0.29, 0.717) is 12.4 Å². The topological polar surface area (TPSA) is 67.8 Å². The predicted molar refractivity (Wildman–Crippen MR) is 93.2 cm³/mol. The number of rotatable bonds is 7. The second-order valence-electron chi connectivity index (χ2n) is 8.04. The second kappa shape index (κ2) is 8.86. The summed E-state index contributed by atoms with van der Waals surface area (Å²) in [5.41, 5.74) is 0.0510. The van der Waals surface area contributed by atoms with Crippen LogP contribution in [-0.2, 0) is 14.3 Å². The largest absolute Gasteiger partial charge is 0.459 e. The number of aliphatic hydroxyl groups is 1. The van der Waals surface area contributed by atoms with E-state index in [2.05, 4.69) is 26.1 Å². The third kappa shape index (κ3) is 5.78. The number of carbonyl (C=O) groups is 1. The molecule has 2 rings (SSSR count). The van der Waals surface area contributed by atoms with E-state index in [1.54, 1.807) is 0 Å². The van der Waals surface area contributed by atoms with Crippen molar-refractivity contribution in [2.45, 2.75) is 78.0 Å². The van der Waals surface area contributed by atoms with Crippen molar-refractivity contribution >= 4 is 5.91 Å². The van der Waals surface area contributed by atoms with Gasteiger partial charge in [0.15, 0.2) is 5.76 Å². The predicted octanol–water partition coefficient (Wildman–Crippen LogP) is 3.13. The number of amides is 1. The molecule has 0 radical (unpaired) electrons. The van der Waals surface area contributed by atoms with Crippen molar-refractivity contribution in [3.8, 4) is 0 Å². The average molecular weight is 339 g/mol. The molecule has 0 unspecified atom stereocenters. The number of allylic oxidation sites excluding steroid dienone is 1. The molecular weight excluding hydrogens is 306 g/mol. The molecule has 0 aromatic carbocycles. The maximum Gasteiger partial charge on any atom is 0.286 e. The summed E-state index contributed by atoms with van der Waals surface area (Å²) in [6.45, 7) is 7.24.